The molecule has 0 aliphatic rings. The second-order valence-electron chi connectivity index (χ2n) is 4.09. The third-order valence-electron chi connectivity index (χ3n) is 2.81. The highest BCUT2D eigenvalue weighted by Crippen LogP contribution is 2.40. The van der Waals surface area contributed by atoms with Crippen LogP contribution in [0.4, 0.5) is 22.7 Å². The summed E-state index contributed by atoms with van der Waals surface area (Å²) in [5.41, 5.74) is 32.9. The van der Waals surface area contributed by atoms with Crippen molar-refractivity contribution < 1.29 is 0 Å². The number of nitrogens with two attached hydrogens (primary N) is 5. The van der Waals surface area contributed by atoms with Crippen LogP contribution in [0.25, 0.3) is 5.70 Å². The van der Waals surface area contributed by atoms with Crippen molar-refractivity contribution in [2.45, 2.75) is 19.1 Å². The molecule has 0 aliphatic carbocycles. The van der Waals surface area contributed by atoms with Gasteiger partial charge in [0.2, 0.25) is 0 Å². The monoisotopic (exact) mass is 379 g/mol. The molecule has 1 unspecified atom stereocenters. The fourth-order valence-corrected chi connectivity index (χ4v) is 2.06. The number of nitrogen functional groups attached to an aromatic ring is 4. The van der Waals surface area contributed by atoms with Crippen LogP contribution in [0, 0.1) is 6.92 Å². The molecule has 7 heteroatoms. The van der Waals surface area contributed by atoms with Crippen molar-refractivity contribution in [1.29, 1.82) is 0 Å². The second kappa shape index (κ2) is 5.35. The van der Waals surface area contributed by atoms with Crippen LogP contribution in [0.5, 0.6) is 0 Å². The minimum Gasteiger partial charge on any atom is -0.398 e. The summed E-state index contributed by atoms with van der Waals surface area (Å²) in [4.78, 5) is 0. The first-order valence-electron chi connectivity index (χ1n) is 5.26. The lowest BCUT2D eigenvalue weighted by Crippen LogP contribution is -2.13. The van der Waals surface area contributed by atoms with Crippen LogP contribution >= 0.6 is 35.2 Å². The molecular formula is C11H18IN5S. The molecule has 0 saturated heterocycles. The van der Waals surface area contributed by atoms with Crippen molar-refractivity contribution in [1.82, 2.24) is 0 Å². The first-order chi connectivity index (χ1) is 8.20. The summed E-state index contributed by atoms with van der Waals surface area (Å²) in [5, 5.41) is 0.00408. The van der Waals surface area contributed by atoms with E-state index in [1.807, 2.05) is 13.8 Å². The van der Waals surface area contributed by atoms with Crippen molar-refractivity contribution in [2.75, 3.05) is 22.9 Å². The quantitative estimate of drug-likeness (QED) is 0.265. The average Bonchev–Trinajstić information content (AvgIpc) is 2.32. The smallest absolute Gasteiger partial charge is 0.0809 e. The van der Waals surface area contributed by atoms with Crippen LogP contribution in [0.1, 0.15) is 18.1 Å². The van der Waals surface area contributed by atoms with E-state index in [0.717, 1.165) is 9.14 Å². The van der Waals surface area contributed by atoms with Crippen molar-refractivity contribution in [2.24, 2.45) is 5.73 Å². The van der Waals surface area contributed by atoms with Gasteiger partial charge in [-0.3, -0.25) is 0 Å². The molecule has 0 aliphatic heterocycles. The van der Waals surface area contributed by atoms with Crippen molar-refractivity contribution in [3.63, 3.8) is 0 Å². The molecule has 1 aromatic carbocycles. The Morgan fingerprint density at radius 1 is 1.06 bits per heavy atom. The van der Waals surface area contributed by atoms with Crippen molar-refractivity contribution >= 4 is 63.7 Å². The van der Waals surface area contributed by atoms with Gasteiger partial charge in [-0.1, -0.05) is 0 Å². The molecule has 1 atom stereocenters. The maximum absolute atomic E-state index is 6.12. The normalized spacial score (nSPS) is 14.2. The summed E-state index contributed by atoms with van der Waals surface area (Å²) < 4.78 is 0.884. The Morgan fingerprint density at radius 2 is 1.50 bits per heavy atom. The zero-order valence-corrected chi connectivity index (χ0v) is 13.3. The Morgan fingerprint density at radius 3 is 1.94 bits per heavy atom. The van der Waals surface area contributed by atoms with Crippen molar-refractivity contribution in [3.8, 4) is 0 Å². The molecule has 0 saturated carbocycles. The number of hydrogen-bond acceptors (Lipinski definition) is 6. The topological polar surface area (TPSA) is 130 Å². The van der Waals surface area contributed by atoms with Gasteiger partial charge in [0.15, 0.2) is 0 Å². The van der Waals surface area contributed by atoms with Crippen LogP contribution in [-0.4, -0.2) is 5.25 Å². The molecule has 0 spiro atoms. The van der Waals surface area contributed by atoms with E-state index in [1.165, 1.54) is 0 Å². The van der Waals surface area contributed by atoms with E-state index in [1.54, 1.807) is 0 Å². The summed E-state index contributed by atoms with van der Waals surface area (Å²) in [6, 6.07) is 0. The van der Waals surface area contributed by atoms with Crippen LogP contribution in [0.2, 0.25) is 0 Å². The predicted molar refractivity (Wildman–Crippen MR) is 92.4 cm³/mol. The lowest BCUT2D eigenvalue weighted by molar-refractivity contribution is 1.24. The molecular weight excluding hydrogens is 361 g/mol. The number of halogens is 1. The van der Waals surface area contributed by atoms with Crippen molar-refractivity contribution in [3.05, 3.63) is 14.7 Å². The van der Waals surface area contributed by atoms with Gasteiger partial charge >= 0.3 is 0 Å². The van der Waals surface area contributed by atoms with E-state index >= 15 is 0 Å². The van der Waals surface area contributed by atoms with Gasteiger partial charge in [0.1, 0.15) is 0 Å². The van der Waals surface area contributed by atoms with Crippen LogP contribution in [0.15, 0.2) is 3.58 Å². The summed E-state index contributed by atoms with van der Waals surface area (Å²) in [5.74, 6) is 0. The van der Waals surface area contributed by atoms with Crippen LogP contribution in [-0.2, 0) is 0 Å². The Hall–Kier alpha value is -0.960. The number of rotatable bonds is 2. The molecule has 18 heavy (non-hydrogen) atoms. The number of thiol groups is 1. The minimum atomic E-state index is 0.00408. The fraction of sp³-hybridized carbons (Fsp3) is 0.273. The Labute approximate surface area is 126 Å². The van der Waals surface area contributed by atoms with Gasteiger partial charge in [0.05, 0.1) is 28.4 Å². The zero-order valence-electron chi connectivity index (χ0n) is 10.3. The maximum atomic E-state index is 6.12. The highest BCUT2D eigenvalue weighted by Gasteiger charge is 2.19. The van der Waals surface area contributed by atoms with E-state index < -0.39 is 0 Å². The van der Waals surface area contributed by atoms with Crippen LogP contribution in [0.3, 0.4) is 0 Å². The van der Waals surface area contributed by atoms with E-state index in [-0.39, 0.29) is 10.9 Å². The first kappa shape index (κ1) is 15.1. The van der Waals surface area contributed by atoms with Gasteiger partial charge in [-0.05, 0) is 42.0 Å². The number of hydrogen-bond donors (Lipinski definition) is 6. The number of anilines is 4. The molecule has 1 aromatic rings. The lowest BCUT2D eigenvalue weighted by atomic mass is 9.98. The van der Waals surface area contributed by atoms with Gasteiger partial charge in [-0.2, -0.15) is 12.6 Å². The molecule has 10 N–H and O–H groups in total. The highest BCUT2D eigenvalue weighted by molar-refractivity contribution is 14.1. The predicted octanol–water partition coefficient (Wildman–Crippen LogP) is 1.70. The van der Waals surface area contributed by atoms with E-state index in [0.29, 0.717) is 28.3 Å². The molecule has 0 aromatic heterocycles. The fourth-order valence-electron chi connectivity index (χ4n) is 1.66. The third-order valence-corrected chi connectivity index (χ3v) is 5.08. The Balaban J connectivity index is 3.67. The van der Waals surface area contributed by atoms with Gasteiger partial charge in [-0.25, -0.2) is 0 Å². The van der Waals surface area contributed by atoms with Gasteiger partial charge in [-0.15, -0.1) is 0 Å². The van der Waals surface area contributed by atoms with Gasteiger partial charge < -0.3 is 28.7 Å². The van der Waals surface area contributed by atoms with Gasteiger partial charge in [0.25, 0.3) is 0 Å². The van der Waals surface area contributed by atoms with E-state index in [4.69, 9.17) is 28.7 Å². The van der Waals surface area contributed by atoms with E-state index in [2.05, 4.69) is 35.2 Å². The maximum Gasteiger partial charge on any atom is 0.0809 e. The Bertz CT molecular complexity index is 496. The third kappa shape index (κ3) is 2.41. The summed E-state index contributed by atoms with van der Waals surface area (Å²) in [7, 11) is 0. The molecule has 0 radical (unpaired) electrons. The molecule has 5 nitrogen and oxygen atoms in total. The molecule has 1 rings (SSSR count). The van der Waals surface area contributed by atoms with E-state index in [9.17, 15) is 0 Å². The molecule has 0 amide bonds. The SMILES string of the molecule is Cc1c(N)c(N)c(N)c(N)c1/C(N)=C(\I)C(C)S. The molecule has 0 fully saturated rings. The lowest BCUT2D eigenvalue weighted by Gasteiger charge is -2.19. The average molecular weight is 379 g/mol. The Kier molecular flexibility index (Phi) is 4.49. The molecule has 0 bridgehead atoms. The van der Waals surface area contributed by atoms with Gasteiger partial charge in [0, 0.05) is 14.4 Å². The molecule has 0 heterocycles. The summed E-state index contributed by atoms with van der Waals surface area (Å²) in [6.45, 7) is 3.74. The summed E-state index contributed by atoms with van der Waals surface area (Å²) in [6.07, 6.45) is 0. The number of benzene rings is 1. The largest absolute Gasteiger partial charge is 0.398 e. The second-order valence-corrected chi connectivity index (χ2v) is 6.03. The summed E-state index contributed by atoms with van der Waals surface area (Å²) >= 11 is 6.49. The molecule has 100 valence electrons. The minimum absolute atomic E-state index is 0.00408. The first-order valence-corrected chi connectivity index (χ1v) is 6.85. The highest BCUT2D eigenvalue weighted by atomic mass is 127. The standard InChI is InChI=1S/C11H18IN5S/c1-3-5(8(14)6(12)4(2)18)9(15)11(17)10(16)7(3)13/h4,18H,13-17H2,1-2H3/b8-6+. The van der Waals surface area contributed by atoms with Crippen LogP contribution < -0.4 is 28.7 Å². The zero-order chi connectivity index (χ0) is 14.2.